The summed E-state index contributed by atoms with van der Waals surface area (Å²) in [5, 5.41) is 5.55. The maximum absolute atomic E-state index is 13.6. The van der Waals surface area contributed by atoms with E-state index >= 15 is 0 Å². The normalized spacial score (nSPS) is 17.1. The van der Waals surface area contributed by atoms with Gasteiger partial charge < -0.3 is 20.1 Å². The molecule has 0 aromatic heterocycles. The summed E-state index contributed by atoms with van der Waals surface area (Å²) in [5.41, 5.74) is -0.718. The molecule has 2 rings (SSSR count). The van der Waals surface area contributed by atoms with Crippen molar-refractivity contribution in [2.24, 2.45) is 4.99 Å². The maximum atomic E-state index is 13.6. The van der Waals surface area contributed by atoms with Gasteiger partial charge in [0.25, 0.3) is 0 Å². The number of hydrogen-bond acceptors (Lipinski definition) is 3. The van der Waals surface area contributed by atoms with Crippen LogP contribution < -0.4 is 10.6 Å². The van der Waals surface area contributed by atoms with Gasteiger partial charge in [0.05, 0.1) is 12.7 Å². The van der Waals surface area contributed by atoms with Gasteiger partial charge in [-0.15, -0.1) is 24.0 Å². The van der Waals surface area contributed by atoms with Gasteiger partial charge in [-0.2, -0.15) is 0 Å². The highest BCUT2D eigenvalue weighted by Crippen LogP contribution is 2.18. The Morgan fingerprint density at radius 2 is 1.92 bits per heavy atom. The Labute approximate surface area is 166 Å². The molecule has 26 heavy (non-hydrogen) atoms. The lowest BCUT2D eigenvalue weighted by atomic mass is 10.2. The van der Waals surface area contributed by atoms with Crippen LogP contribution >= 0.6 is 24.0 Å². The van der Waals surface area contributed by atoms with Crippen molar-refractivity contribution in [1.29, 1.82) is 0 Å². The van der Waals surface area contributed by atoms with E-state index in [0.29, 0.717) is 32.8 Å². The van der Waals surface area contributed by atoms with E-state index in [1.54, 1.807) is 0 Å². The second kappa shape index (κ2) is 11.5. The molecule has 2 N–H and O–H groups in total. The Kier molecular flexibility index (Phi) is 10.2. The zero-order chi connectivity index (χ0) is 18.2. The van der Waals surface area contributed by atoms with Crippen molar-refractivity contribution < 1.29 is 27.0 Å². The van der Waals surface area contributed by atoms with Crippen LogP contribution in [0.5, 0.6) is 0 Å². The molecule has 0 aliphatic carbocycles. The number of benzene rings is 1. The Bertz CT molecular complexity index is 587. The van der Waals surface area contributed by atoms with E-state index in [1.807, 2.05) is 0 Å². The first-order valence-electron chi connectivity index (χ1n) is 7.98. The van der Waals surface area contributed by atoms with Gasteiger partial charge in [-0.25, -0.2) is 17.6 Å². The summed E-state index contributed by atoms with van der Waals surface area (Å²) in [6, 6.07) is 0.177. The molecule has 0 bridgehead atoms. The third-order valence-electron chi connectivity index (χ3n) is 3.71. The first-order valence-corrected chi connectivity index (χ1v) is 7.98. The fourth-order valence-electron chi connectivity index (χ4n) is 2.34. The summed E-state index contributed by atoms with van der Waals surface area (Å²) >= 11 is 0. The maximum Gasteiger partial charge on any atom is 0.191 e. The number of hydrogen-bond donors (Lipinski definition) is 2. The molecule has 10 heteroatoms. The molecular formula is C16H22F4IN3O2. The summed E-state index contributed by atoms with van der Waals surface area (Å²) in [5.74, 6) is -5.46. The molecular weight excluding hydrogens is 469 g/mol. The molecule has 1 aliphatic heterocycles. The number of guanidine groups is 1. The average molecular weight is 491 g/mol. The van der Waals surface area contributed by atoms with Crippen LogP contribution in [0.1, 0.15) is 18.4 Å². The average Bonchev–Trinajstić information content (AvgIpc) is 3.11. The van der Waals surface area contributed by atoms with Crippen LogP contribution in [0.15, 0.2) is 11.1 Å². The molecule has 5 nitrogen and oxygen atoms in total. The zero-order valence-electron chi connectivity index (χ0n) is 14.3. The predicted octanol–water partition coefficient (Wildman–Crippen LogP) is 2.72. The van der Waals surface area contributed by atoms with Crippen LogP contribution in [0, 0.1) is 23.3 Å². The highest BCUT2D eigenvalue weighted by atomic mass is 127. The Hall–Kier alpha value is -1.14. The van der Waals surface area contributed by atoms with Crippen molar-refractivity contribution in [3.05, 3.63) is 34.9 Å². The number of aliphatic imine (C=N–C) groups is 1. The monoisotopic (exact) mass is 491 g/mol. The van der Waals surface area contributed by atoms with Crippen LogP contribution in [0.25, 0.3) is 0 Å². The van der Waals surface area contributed by atoms with Crippen LogP contribution in [-0.2, 0) is 16.0 Å². The third-order valence-corrected chi connectivity index (χ3v) is 3.71. The highest BCUT2D eigenvalue weighted by molar-refractivity contribution is 14.0. The van der Waals surface area contributed by atoms with Crippen LogP contribution in [0.4, 0.5) is 17.6 Å². The van der Waals surface area contributed by atoms with Gasteiger partial charge in [-0.1, -0.05) is 0 Å². The van der Waals surface area contributed by atoms with Gasteiger partial charge in [0.1, 0.15) is 0 Å². The van der Waals surface area contributed by atoms with Crippen molar-refractivity contribution in [3.8, 4) is 0 Å². The summed E-state index contributed by atoms with van der Waals surface area (Å²) in [4.78, 5) is 3.88. The second-order valence-electron chi connectivity index (χ2n) is 5.51. The lowest BCUT2D eigenvalue weighted by Gasteiger charge is -2.14. The van der Waals surface area contributed by atoms with Crippen LogP contribution in [0.3, 0.4) is 0 Å². The van der Waals surface area contributed by atoms with Crippen molar-refractivity contribution in [2.45, 2.75) is 25.5 Å². The van der Waals surface area contributed by atoms with E-state index in [-0.39, 0.29) is 42.1 Å². The zero-order valence-corrected chi connectivity index (χ0v) is 16.6. The van der Waals surface area contributed by atoms with Crippen molar-refractivity contribution in [3.63, 3.8) is 0 Å². The van der Waals surface area contributed by atoms with Gasteiger partial charge in [-0.05, 0) is 12.8 Å². The summed E-state index contributed by atoms with van der Waals surface area (Å²) in [7, 11) is 1.47. The Balaban J connectivity index is 0.00000338. The van der Waals surface area contributed by atoms with E-state index in [9.17, 15) is 17.6 Å². The molecule has 1 atom stereocenters. The first kappa shape index (κ1) is 22.9. The van der Waals surface area contributed by atoms with Gasteiger partial charge in [0.15, 0.2) is 29.2 Å². The molecule has 0 amide bonds. The quantitative estimate of drug-likeness (QED) is 0.154. The molecule has 1 saturated heterocycles. The minimum atomic E-state index is -1.44. The fraction of sp³-hybridized carbons (Fsp3) is 0.562. The molecule has 1 aromatic rings. The minimum Gasteiger partial charge on any atom is -0.379 e. The number of halogens is 5. The SMILES string of the molecule is CN=C(NCCCOC1CCOC1)NCc1c(F)c(F)cc(F)c1F.I. The van der Waals surface area contributed by atoms with Crippen molar-refractivity contribution >= 4 is 29.9 Å². The topological polar surface area (TPSA) is 54.9 Å². The van der Waals surface area contributed by atoms with E-state index in [1.165, 1.54) is 7.05 Å². The smallest absolute Gasteiger partial charge is 0.191 e. The van der Waals surface area contributed by atoms with Gasteiger partial charge in [0, 0.05) is 45.0 Å². The second-order valence-corrected chi connectivity index (χ2v) is 5.51. The lowest BCUT2D eigenvalue weighted by molar-refractivity contribution is 0.0420. The van der Waals surface area contributed by atoms with Crippen LogP contribution in [0.2, 0.25) is 0 Å². The highest BCUT2D eigenvalue weighted by Gasteiger charge is 2.19. The number of ether oxygens (including phenoxy) is 2. The molecule has 1 aliphatic rings. The van der Waals surface area contributed by atoms with Gasteiger partial charge >= 0.3 is 0 Å². The van der Waals surface area contributed by atoms with Crippen LogP contribution in [-0.4, -0.2) is 45.5 Å². The first-order chi connectivity index (χ1) is 12.0. The number of nitrogens with one attached hydrogen (secondary N) is 2. The molecule has 1 aromatic carbocycles. The fourth-order valence-corrected chi connectivity index (χ4v) is 2.34. The summed E-state index contributed by atoms with van der Waals surface area (Å²) < 4.78 is 64.3. The van der Waals surface area contributed by atoms with Gasteiger partial charge in [0.2, 0.25) is 0 Å². The third kappa shape index (κ3) is 6.54. The molecule has 0 spiro atoms. The summed E-state index contributed by atoms with van der Waals surface area (Å²) in [6.45, 7) is 1.93. The Morgan fingerprint density at radius 1 is 1.23 bits per heavy atom. The lowest BCUT2D eigenvalue weighted by Crippen LogP contribution is -2.38. The molecule has 0 radical (unpaired) electrons. The van der Waals surface area contributed by atoms with Gasteiger partial charge in [-0.3, -0.25) is 4.99 Å². The minimum absolute atomic E-state index is 0. The van der Waals surface area contributed by atoms with E-state index in [2.05, 4.69) is 15.6 Å². The molecule has 148 valence electrons. The Morgan fingerprint density at radius 3 is 2.50 bits per heavy atom. The standard InChI is InChI=1S/C16H21F4N3O2.HI/c1-21-16(22-4-2-5-25-10-3-6-24-9-10)23-8-11-14(19)12(17)7-13(18)15(11)20;/h7,10H,2-6,8-9H2,1H3,(H2,21,22,23);1H. The summed E-state index contributed by atoms with van der Waals surface area (Å²) in [6.07, 6.45) is 1.71. The van der Waals surface area contributed by atoms with E-state index in [4.69, 9.17) is 9.47 Å². The molecule has 1 fully saturated rings. The molecule has 1 unspecified atom stereocenters. The number of rotatable bonds is 7. The van der Waals surface area contributed by atoms with E-state index < -0.39 is 35.4 Å². The van der Waals surface area contributed by atoms with Crippen molar-refractivity contribution in [2.75, 3.05) is 33.4 Å². The molecule has 0 saturated carbocycles. The molecule has 1 heterocycles. The van der Waals surface area contributed by atoms with E-state index in [0.717, 1.165) is 6.42 Å². The predicted molar refractivity (Wildman–Crippen MR) is 99.7 cm³/mol. The van der Waals surface area contributed by atoms with Crippen molar-refractivity contribution in [1.82, 2.24) is 10.6 Å². The number of nitrogens with zero attached hydrogens (tertiary/aromatic N) is 1. The largest absolute Gasteiger partial charge is 0.379 e.